The summed E-state index contributed by atoms with van der Waals surface area (Å²) in [6, 6.07) is 21.4. The highest BCUT2D eigenvalue weighted by atomic mass is 19.3. The van der Waals surface area contributed by atoms with E-state index in [9.17, 15) is 24.0 Å². The van der Waals surface area contributed by atoms with Gasteiger partial charge in [0.25, 0.3) is 11.8 Å². The third-order valence-corrected chi connectivity index (χ3v) is 8.86. The van der Waals surface area contributed by atoms with E-state index >= 15 is 8.78 Å². The summed E-state index contributed by atoms with van der Waals surface area (Å²) < 4.78 is 43.0. The molecule has 2 heterocycles. The standard InChI is InChI=1S/C42H47F2N5O7/c1-28(2)35(47-40(53)55-26-32-19-11-13-23-45-32)38(51)49(39(52)36(29(3)4)48-41(54)56-27-33-20-12-14-24-46-33)34(25-31-17-9-6-10-18-31)37(50)42(43,44)22-21-30-15-7-5-8-16-30/h5-20,23-24,28-29,34-36H,21-22,25-27H2,1-4H3,(H,47,53)(H,48,54)/t34-,35-,36-/m0/s1. The highest BCUT2D eigenvalue weighted by Crippen LogP contribution is 2.29. The molecule has 12 nitrogen and oxygen atoms in total. The van der Waals surface area contributed by atoms with E-state index in [0.717, 1.165) is 0 Å². The van der Waals surface area contributed by atoms with Crippen LogP contribution in [-0.2, 0) is 49.9 Å². The predicted molar refractivity (Wildman–Crippen MR) is 203 cm³/mol. The van der Waals surface area contributed by atoms with Gasteiger partial charge in [0.05, 0.1) is 11.4 Å². The molecule has 0 unspecified atom stereocenters. The molecular formula is C42H47F2N5O7. The molecule has 0 fully saturated rings. The maximum absolute atomic E-state index is 16.2. The first-order chi connectivity index (χ1) is 26.8. The summed E-state index contributed by atoms with van der Waals surface area (Å²) in [7, 11) is 0. The number of pyridine rings is 2. The van der Waals surface area contributed by atoms with Crippen LogP contribution in [0.4, 0.5) is 18.4 Å². The minimum atomic E-state index is -4.02. The Bertz CT molecular complexity index is 1800. The van der Waals surface area contributed by atoms with Gasteiger partial charge in [-0.15, -0.1) is 0 Å². The second-order valence-corrected chi connectivity index (χ2v) is 13.8. The van der Waals surface area contributed by atoms with Crippen LogP contribution in [0.5, 0.6) is 0 Å². The van der Waals surface area contributed by atoms with Crippen molar-refractivity contribution in [1.29, 1.82) is 0 Å². The van der Waals surface area contributed by atoms with E-state index in [1.807, 2.05) is 0 Å². The second kappa shape index (κ2) is 20.6. The molecule has 0 saturated carbocycles. The first-order valence-electron chi connectivity index (χ1n) is 18.3. The highest BCUT2D eigenvalue weighted by Gasteiger charge is 2.50. The first kappa shape index (κ1) is 42.7. The minimum Gasteiger partial charge on any atom is -0.443 e. The van der Waals surface area contributed by atoms with E-state index in [1.54, 1.807) is 125 Å². The zero-order chi connectivity index (χ0) is 40.7. The lowest BCUT2D eigenvalue weighted by molar-refractivity contribution is -0.162. The molecule has 0 aliphatic carbocycles. The molecule has 0 saturated heterocycles. The highest BCUT2D eigenvalue weighted by molar-refractivity contribution is 6.07. The van der Waals surface area contributed by atoms with Crippen molar-refractivity contribution in [2.75, 3.05) is 0 Å². The van der Waals surface area contributed by atoms with Crippen molar-refractivity contribution in [1.82, 2.24) is 25.5 Å². The number of ketones is 1. The average molecular weight is 772 g/mol. The number of hydrogen-bond acceptors (Lipinski definition) is 9. The maximum atomic E-state index is 16.2. The van der Waals surface area contributed by atoms with E-state index in [0.29, 0.717) is 27.4 Å². The van der Waals surface area contributed by atoms with Crippen LogP contribution in [0, 0.1) is 11.8 Å². The van der Waals surface area contributed by atoms with E-state index in [4.69, 9.17) is 9.47 Å². The monoisotopic (exact) mass is 771 g/mol. The van der Waals surface area contributed by atoms with E-state index < -0.39 is 78.5 Å². The van der Waals surface area contributed by atoms with Crippen molar-refractivity contribution < 1.29 is 42.2 Å². The molecule has 3 atom stereocenters. The fourth-order valence-corrected chi connectivity index (χ4v) is 5.78. The van der Waals surface area contributed by atoms with Gasteiger partial charge < -0.3 is 20.1 Å². The van der Waals surface area contributed by atoms with Gasteiger partial charge in [-0.05, 0) is 53.6 Å². The number of ether oxygens (including phenoxy) is 2. The number of Topliss-reactive ketones (excluding diaryl/α,β-unsaturated/α-hetero) is 1. The zero-order valence-corrected chi connectivity index (χ0v) is 31.8. The largest absolute Gasteiger partial charge is 0.443 e. The van der Waals surface area contributed by atoms with Gasteiger partial charge >= 0.3 is 18.1 Å². The molecule has 0 aliphatic rings. The Kier molecular flexibility index (Phi) is 15.7. The number of hydrogen-bond donors (Lipinski definition) is 2. The molecule has 2 N–H and O–H groups in total. The number of benzene rings is 2. The number of carbonyl (C=O) groups excluding carboxylic acids is 5. The molecule has 4 amide bonds. The summed E-state index contributed by atoms with van der Waals surface area (Å²) in [5.41, 5.74) is 1.77. The van der Waals surface area contributed by atoms with Crippen molar-refractivity contribution in [3.8, 4) is 0 Å². The van der Waals surface area contributed by atoms with Crippen molar-refractivity contribution in [2.24, 2.45) is 11.8 Å². The van der Waals surface area contributed by atoms with Crippen LogP contribution in [0.2, 0.25) is 0 Å². The Labute approximate surface area is 325 Å². The molecule has 4 rings (SSSR count). The number of nitrogens with zero attached hydrogens (tertiary/aromatic N) is 3. The van der Waals surface area contributed by atoms with Crippen LogP contribution in [0.3, 0.4) is 0 Å². The van der Waals surface area contributed by atoms with E-state index in [2.05, 4.69) is 20.6 Å². The van der Waals surface area contributed by atoms with Gasteiger partial charge in [0.2, 0.25) is 5.78 Å². The van der Waals surface area contributed by atoms with Crippen molar-refractivity contribution in [3.05, 3.63) is 132 Å². The Balaban J connectivity index is 1.73. The van der Waals surface area contributed by atoms with E-state index in [1.165, 1.54) is 12.4 Å². The van der Waals surface area contributed by atoms with Crippen molar-refractivity contribution in [3.63, 3.8) is 0 Å². The number of rotatable bonds is 18. The molecule has 296 valence electrons. The van der Waals surface area contributed by atoms with Gasteiger partial charge in [0.1, 0.15) is 31.3 Å². The van der Waals surface area contributed by atoms with Gasteiger partial charge in [-0.25, -0.2) is 9.59 Å². The predicted octanol–water partition coefficient (Wildman–Crippen LogP) is 6.48. The number of carbonyl (C=O) groups is 5. The summed E-state index contributed by atoms with van der Waals surface area (Å²) in [4.78, 5) is 78.7. The first-order valence-corrected chi connectivity index (χ1v) is 18.3. The number of aromatic nitrogens is 2. The van der Waals surface area contributed by atoms with Crippen molar-refractivity contribution >= 4 is 29.8 Å². The lowest BCUT2D eigenvalue weighted by Crippen LogP contribution is -2.64. The number of alkyl halides is 2. The van der Waals surface area contributed by atoms with Gasteiger partial charge in [-0.1, -0.05) is 100 Å². The maximum Gasteiger partial charge on any atom is 0.408 e. The van der Waals surface area contributed by atoms with Gasteiger partial charge in [0.15, 0.2) is 0 Å². The molecule has 0 radical (unpaired) electrons. The Hall–Kier alpha value is -6.05. The summed E-state index contributed by atoms with van der Waals surface area (Å²) >= 11 is 0. The molecule has 14 heteroatoms. The fraction of sp³-hybridized carbons (Fsp3) is 0.357. The third kappa shape index (κ3) is 12.5. The number of nitrogens with one attached hydrogen (secondary N) is 2. The van der Waals surface area contributed by atoms with Gasteiger partial charge in [0, 0.05) is 25.2 Å². The summed E-state index contributed by atoms with van der Waals surface area (Å²) in [5, 5.41) is 4.92. The Morgan fingerprint density at radius 2 is 1.07 bits per heavy atom. The smallest absolute Gasteiger partial charge is 0.408 e. The topological polar surface area (TPSA) is 157 Å². The summed E-state index contributed by atoms with van der Waals surface area (Å²) in [6.07, 6.45) is -0.648. The molecule has 2 aromatic heterocycles. The van der Waals surface area contributed by atoms with Crippen LogP contribution < -0.4 is 10.6 Å². The van der Waals surface area contributed by atoms with Crippen molar-refractivity contribution in [2.45, 2.75) is 84.2 Å². The molecule has 2 aromatic carbocycles. The number of aryl methyl sites for hydroxylation is 1. The number of amides is 4. The van der Waals surface area contributed by atoms with Gasteiger partial charge in [-0.2, -0.15) is 8.78 Å². The van der Waals surface area contributed by atoms with Crippen LogP contribution in [0.25, 0.3) is 0 Å². The zero-order valence-electron chi connectivity index (χ0n) is 31.8. The lowest BCUT2D eigenvalue weighted by atomic mass is 9.91. The van der Waals surface area contributed by atoms with Crippen LogP contribution in [0.15, 0.2) is 109 Å². The second-order valence-electron chi connectivity index (χ2n) is 13.8. The Morgan fingerprint density at radius 3 is 1.48 bits per heavy atom. The van der Waals surface area contributed by atoms with E-state index in [-0.39, 0.29) is 19.6 Å². The SMILES string of the molecule is CC(C)[C@H](NC(=O)OCc1ccccn1)C(=O)N(C(=O)[C@@H](NC(=O)OCc1ccccn1)C(C)C)[C@@H](Cc1ccccc1)C(=O)C(F)(F)CCc1ccccc1. The average Bonchev–Trinajstić information content (AvgIpc) is 3.20. The third-order valence-electron chi connectivity index (χ3n) is 8.86. The minimum absolute atomic E-state index is 0.171. The number of imide groups is 1. The van der Waals surface area contributed by atoms with Crippen LogP contribution in [0.1, 0.15) is 56.6 Å². The molecule has 0 aliphatic heterocycles. The lowest BCUT2D eigenvalue weighted by Gasteiger charge is -2.37. The Morgan fingerprint density at radius 1 is 0.643 bits per heavy atom. The molecule has 0 bridgehead atoms. The molecular weight excluding hydrogens is 724 g/mol. The molecule has 4 aromatic rings. The fourth-order valence-electron chi connectivity index (χ4n) is 5.78. The number of halogens is 2. The quantitative estimate of drug-likeness (QED) is 0.116. The number of alkyl carbamates (subject to hydrolysis) is 2. The molecule has 56 heavy (non-hydrogen) atoms. The van der Waals surface area contributed by atoms with Gasteiger partial charge in [-0.3, -0.25) is 29.3 Å². The normalized spacial score (nSPS) is 12.9. The summed E-state index contributed by atoms with van der Waals surface area (Å²) in [6.45, 7) is 5.77. The van der Waals surface area contributed by atoms with Crippen LogP contribution >= 0.6 is 0 Å². The molecule has 0 spiro atoms. The van der Waals surface area contributed by atoms with Crippen LogP contribution in [-0.4, -0.2) is 68.7 Å². The summed E-state index contributed by atoms with van der Waals surface area (Å²) in [5.74, 6) is -9.47.